The molecule has 0 saturated heterocycles. The Balaban J connectivity index is 2.06. The van der Waals surface area contributed by atoms with E-state index < -0.39 is 0 Å². The molecule has 0 radical (unpaired) electrons. The first-order valence-corrected chi connectivity index (χ1v) is 8.22. The highest BCUT2D eigenvalue weighted by molar-refractivity contribution is 6.29. The maximum absolute atomic E-state index is 12.1. The number of hydrogen-bond donors (Lipinski definition) is 2. The van der Waals surface area contributed by atoms with Gasteiger partial charge in [-0.15, -0.1) is 0 Å². The lowest BCUT2D eigenvalue weighted by atomic mass is 10.1. The number of carbonyl (C=O) groups is 1. The zero-order valence-electron chi connectivity index (χ0n) is 14.6. The highest BCUT2D eigenvalue weighted by Crippen LogP contribution is 2.38. The third-order valence-electron chi connectivity index (χ3n) is 3.85. The van der Waals surface area contributed by atoms with Crippen LogP contribution in [0.2, 0.25) is 5.15 Å². The van der Waals surface area contributed by atoms with Gasteiger partial charge in [-0.3, -0.25) is 9.48 Å². The Labute approximate surface area is 156 Å². The molecular formula is C18H18ClN5O2. The van der Waals surface area contributed by atoms with Gasteiger partial charge >= 0.3 is 0 Å². The number of nitrogens with zero attached hydrogens (tertiary/aromatic N) is 3. The highest BCUT2D eigenvalue weighted by atomic mass is 35.5. The van der Waals surface area contributed by atoms with Gasteiger partial charge in [-0.25, -0.2) is 4.98 Å². The smallest absolute Gasteiger partial charge is 0.254 e. The second-order valence-electron chi connectivity index (χ2n) is 5.55. The van der Waals surface area contributed by atoms with E-state index in [0.29, 0.717) is 22.7 Å². The van der Waals surface area contributed by atoms with Crippen LogP contribution in [0.1, 0.15) is 10.4 Å². The summed E-state index contributed by atoms with van der Waals surface area (Å²) in [4.78, 5) is 16.1. The molecule has 0 aliphatic rings. The van der Waals surface area contributed by atoms with Gasteiger partial charge in [0.05, 0.1) is 30.2 Å². The Bertz CT molecular complexity index is 955. The summed E-state index contributed by atoms with van der Waals surface area (Å²) in [6, 6.07) is 7.30. The topological polar surface area (TPSA) is 81.1 Å². The zero-order valence-corrected chi connectivity index (χ0v) is 15.3. The molecule has 1 aromatic carbocycles. The van der Waals surface area contributed by atoms with Crippen molar-refractivity contribution in [2.45, 2.75) is 0 Å². The lowest BCUT2D eigenvalue weighted by Crippen LogP contribution is -2.19. The fourth-order valence-electron chi connectivity index (χ4n) is 2.64. The number of methoxy groups -OCH3 is 1. The quantitative estimate of drug-likeness (QED) is 0.673. The maximum Gasteiger partial charge on any atom is 0.254 e. The molecule has 26 heavy (non-hydrogen) atoms. The van der Waals surface area contributed by atoms with Gasteiger partial charge in [0.25, 0.3) is 5.91 Å². The van der Waals surface area contributed by atoms with Gasteiger partial charge in [0, 0.05) is 37.6 Å². The van der Waals surface area contributed by atoms with Crippen molar-refractivity contribution in [3.05, 3.63) is 53.6 Å². The molecule has 0 bridgehead atoms. The SMILES string of the molecule is CNC(=O)c1cnc(Cl)cc1Nc1cccc(-c2cnn(C)c2)c1OC. The number of hydrogen-bond acceptors (Lipinski definition) is 5. The number of benzene rings is 1. The van der Waals surface area contributed by atoms with E-state index in [0.717, 1.165) is 11.1 Å². The van der Waals surface area contributed by atoms with Crippen molar-refractivity contribution in [1.29, 1.82) is 0 Å². The van der Waals surface area contributed by atoms with Crippen molar-refractivity contribution in [3.63, 3.8) is 0 Å². The molecular weight excluding hydrogens is 354 g/mol. The molecule has 0 unspecified atom stereocenters. The number of amides is 1. The maximum atomic E-state index is 12.1. The lowest BCUT2D eigenvalue weighted by molar-refractivity contribution is 0.0963. The Morgan fingerprint density at radius 2 is 2.08 bits per heavy atom. The number of halogens is 1. The molecule has 0 spiro atoms. The molecule has 0 aliphatic heterocycles. The molecule has 1 amide bonds. The first-order chi connectivity index (χ1) is 12.5. The van der Waals surface area contributed by atoms with Crippen molar-refractivity contribution in [2.75, 3.05) is 19.5 Å². The van der Waals surface area contributed by atoms with Gasteiger partial charge < -0.3 is 15.4 Å². The molecule has 0 saturated carbocycles. The fraction of sp³-hybridized carbons (Fsp3) is 0.167. The van der Waals surface area contributed by atoms with E-state index in [9.17, 15) is 4.79 Å². The fourth-order valence-corrected chi connectivity index (χ4v) is 2.79. The van der Waals surface area contributed by atoms with E-state index in [1.54, 1.807) is 31.1 Å². The zero-order chi connectivity index (χ0) is 18.7. The van der Waals surface area contributed by atoms with Crippen LogP contribution in [0.3, 0.4) is 0 Å². The molecule has 2 aromatic heterocycles. The minimum atomic E-state index is -0.265. The van der Waals surface area contributed by atoms with Crippen LogP contribution in [-0.2, 0) is 7.05 Å². The minimum absolute atomic E-state index is 0.265. The summed E-state index contributed by atoms with van der Waals surface area (Å²) >= 11 is 6.01. The summed E-state index contributed by atoms with van der Waals surface area (Å²) in [5.74, 6) is 0.371. The molecule has 2 heterocycles. The number of aromatic nitrogens is 3. The van der Waals surface area contributed by atoms with Crippen molar-refractivity contribution in [1.82, 2.24) is 20.1 Å². The second kappa shape index (κ2) is 7.45. The van der Waals surface area contributed by atoms with Crippen LogP contribution in [0, 0.1) is 0 Å². The number of para-hydroxylation sites is 1. The summed E-state index contributed by atoms with van der Waals surface area (Å²) in [5, 5.41) is 10.3. The van der Waals surface area contributed by atoms with E-state index >= 15 is 0 Å². The average molecular weight is 372 g/mol. The summed E-state index contributed by atoms with van der Waals surface area (Å²) in [6.07, 6.45) is 5.10. The number of aryl methyl sites for hydroxylation is 1. The van der Waals surface area contributed by atoms with Gasteiger partial charge in [-0.1, -0.05) is 23.7 Å². The third-order valence-corrected chi connectivity index (χ3v) is 4.05. The number of anilines is 2. The summed E-state index contributed by atoms with van der Waals surface area (Å²) in [6.45, 7) is 0. The van der Waals surface area contributed by atoms with Gasteiger partial charge in [0.1, 0.15) is 10.9 Å². The second-order valence-corrected chi connectivity index (χ2v) is 5.93. The van der Waals surface area contributed by atoms with Crippen LogP contribution in [0.25, 0.3) is 11.1 Å². The lowest BCUT2D eigenvalue weighted by Gasteiger charge is -2.16. The van der Waals surface area contributed by atoms with E-state index in [-0.39, 0.29) is 11.1 Å². The monoisotopic (exact) mass is 371 g/mol. The predicted octanol–water partition coefficient (Wildman–Crippen LogP) is 3.25. The summed E-state index contributed by atoms with van der Waals surface area (Å²) in [7, 11) is 5.01. The molecule has 3 aromatic rings. The van der Waals surface area contributed by atoms with Crippen molar-refractivity contribution >= 4 is 28.9 Å². The number of carbonyl (C=O) groups excluding carboxylic acids is 1. The summed E-state index contributed by atoms with van der Waals surface area (Å²) in [5.41, 5.74) is 3.41. The summed E-state index contributed by atoms with van der Waals surface area (Å²) < 4.78 is 7.34. The Kier molecular flexibility index (Phi) is 5.09. The number of pyridine rings is 1. The molecule has 7 nitrogen and oxygen atoms in total. The molecule has 2 N–H and O–H groups in total. The number of nitrogens with one attached hydrogen (secondary N) is 2. The molecule has 0 fully saturated rings. The standard InChI is InChI=1S/C18H18ClN5O2/c1-20-18(25)13-9-21-16(19)7-15(13)23-14-6-4-5-12(17(14)26-3)11-8-22-24(2)10-11/h4-10H,1-3H3,(H,20,25)(H,21,23). The number of rotatable bonds is 5. The Hall–Kier alpha value is -3.06. The Morgan fingerprint density at radius 1 is 1.27 bits per heavy atom. The van der Waals surface area contributed by atoms with Crippen LogP contribution in [-0.4, -0.2) is 34.8 Å². The molecule has 3 rings (SSSR count). The van der Waals surface area contributed by atoms with Crippen molar-refractivity contribution in [2.24, 2.45) is 7.05 Å². The Morgan fingerprint density at radius 3 is 2.73 bits per heavy atom. The van der Waals surface area contributed by atoms with Gasteiger partial charge in [0.15, 0.2) is 0 Å². The molecule has 134 valence electrons. The van der Waals surface area contributed by atoms with Gasteiger partial charge in [0.2, 0.25) is 0 Å². The largest absolute Gasteiger partial charge is 0.494 e. The van der Waals surface area contributed by atoms with Crippen LogP contribution in [0.15, 0.2) is 42.9 Å². The van der Waals surface area contributed by atoms with Crippen LogP contribution in [0.5, 0.6) is 5.75 Å². The van der Waals surface area contributed by atoms with E-state index in [2.05, 4.69) is 20.7 Å². The van der Waals surface area contributed by atoms with Crippen molar-refractivity contribution < 1.29 is 9.53 Å². The minimum Gasteiger partial charge on any atom is -0.494 e. The van der Waals surface area contributed by atoms with E-state index in [4.69, 9.17) is 16.3 Å². The predicted molar refractivity (Wildman–Crippen MR) is 101 cm³/mol. The molecule has 0 atom stereocenters. The van der Waals surface area contributed by atoms with E-state index in [1.165, 1.54) is 6.20 Å². The molecule has 8 heteroatoms. The third kappa shape index (κ3) is 3.48. The van der Waals surface area contributed by atoms with Gasteiger partial charge in [-0.2, -0.15) is 5.10 Å². The van der Waals surface area contributed by atoms with Crippen LogP contribution >= 0.6 is 11.6 Å². The van der Waals surface area contributed by atoms with Crippen molar-refractivity contribution in [3.8, 4) is 16.9 Å². The van der Waals surface area contributed by atoms with Gasteiger partial charge in [-0.05, 0) is 12.1 Å². The first kappa shape index (κ1) is 17.8. The first-order valence-electron chi connectivity index (χ1n) is 7.84. The highest BCUT2D eigenvalue weighted by Gasteiger charge is 2.16. The van der Waals surface area contributed by atoms with Crippen LogP contribution in [0.4, 0.5) is 11.4 Å². The van der Waals surface area contributed by atoms with Crippen LogP contribution < -0.4 is 15.4 Å². The normalized spacial score (nSPS) is 10.5. The average Bonchev–Trinajstić information content (AvgIpc) is 3.07. The van der Waals surface area contributed by atoms with E-state index in [1.807, 2.05) is 31.4 Å². The molecule has 0 aliphatic carbocycles. The number of ether oxygens (including phenoxy) is 1.